The van der Waals surface area contributed by atoms with Crippen molar-refractivity contribution in [2.75, 3.05) is 0 Å². The van der Waals surface area contributed by atoms with Gasteiger partial charge in [0, 0.05) is 6.07 Å². The second kappa shape index (κ2) is 3.78. The van der Waals surface area contributed by atoms with Gasteiger partial charge in [-0.2, -0.15) is 15.6 Å². The summed E-state index contributed by atoms with van der Waals surface area (Å²) in [7, 11) is 0. The molecule has 0 saturated carbocycles. The molecule has 0 aliphatic heterocycles. The summed E-state index contributed by atoms with van der Waals surface area (Å²) in [6, 6.07) is 5.21. The van der Waals surface area contributed by atoms with Crippen molar-refractivity contribution < 1.29 is 0 Å². The van der Waals surface area contributed by atoms with Crippen LogP contribution in [-0.2, 0) is 0 Å². The Hall–Kier alpha value is -3.46. The van der Waals surface area contributed by atoms with Gasteiger partial charge in [0.25, 0.3) is 0 Å². The molecule has 19 heavy (non-hydrogen) atoms. The summed E-state index contributed by atoms with van der Waals surface area (Å²) >= 11 is 0. The smallest absolute Gasteiger partial charge is 0.273 e. The molecule has 0 amide bonds. The molecular weight excluding hydrogens is 248 g/mol. The number of rotatable bonds is 1. The first-order valence-corrected chi connectivity index (χ1v) is 5.05. The number of fused-ring (bicyclic) bond motifs is 1. The summed E-state index contributed by atoms with van der Waals surface area (Å²) in [5.74, 6) is 0.344. The maximum absolute atomic E-state index is 11.3. The average Bonchev–Trinajstić information content (AvgIpc) is 3.02. The van der Waals surface area contributed by atoms with Crippen LogP contribution >= 0.6 is 0 Å². The normalized spacial score (nSPS) is 10.2. The van der Waals surface area contributed by atoms with E-state index in [1.165, 1.54) is 27.7 Å². The molecule has 3 aromatic rings. The van der Waals surface area contributed by atoms with E-state index in [1.807, 2.05) is 12.1 Å². The molecule has 0 saturated heterocycles. The SMILES string of the molecule is N#Cc1ncn(-c2cc3n[nH]c(=O)n3cn2)c1C#N. The summed E-state index contributed by atoms with van der Waals surface area (Å²) in [6.45, 7) is 0. The van der Waals surface area contributed by atoms with E-state index in [9.17, 15) is 4.79 Å². The highest BCUT2D eigenvalue weighted by Gasteiger charge is 2.13. The third-order valence-corrected chi connectivity index (χ3v) is 2.52. The summed E-state index contributed by atoms with van der Waals surface area (Å²) in [5.41, 5.74) is 0.0461. The number of H-pyrrole nitrogens is 1. The predicted octanol–water partition coefficient (Wildman–Crippen LogP) is -0.653. The van der Waals surface area contributed by atoms with Gasteiger partial charge in [-0.3, -0.25) is 4.57 Å². The van der Waals surface area contributed by atoms with Crippen LogP contribution in [0.5, 0.6) is 0 Å². The molecule has 0 bridgehead atoms. The fraction of sp³-hybridized carbons (Fsp3) is 0. The van der Waals surface area contributed by atoms with Gasteiger partial charge < -0.3 is 0 Å². The van der Waals surface area contributed by atoms with Gasteiger partial charge in [-0.15, -0.1) is 0 Å². The van der Waals surface area contributed by atoms with Crippen LogP contribution in [0.15, 0.2) is 23.5 Å². The first-order valence-electron chi connectivity index (χ1n) is 5.05. The third kappa shape index (κ3) is 1.46. The van der Waals surface area contributed by atoms with Gasteiger partial charge >= 0.3 is 5.69 Å². The summed E-state index contributed by atoms with van der Waals surface area (Å²) < 4.78 is 2.58. The lowest BCUT2D eigenvalue weighted by Gasteiger charge is -2.01. The zero-order valence-corrected chi connectivity index (χ0v) is 9.27. The second-order valence-electron chi connectivity index (χ2n) is 3.54. The average molecular weight is 252 g/mol. The fourth-order valence-corrected chi connectivity index (χ4v) is 1.64. The van der Waals surface area contributed by atoms with Gasteiger partial charge in [0.15, 0.2) is 17.0 Å². The number of hydrogen-bond donors (Lipinski definition) is 1. The molecule has 3 aromatic heterocycles. The largest absolute Gasteiger partial charge is 0.348 e. The molecule has 0 unspecified atom stereocenters. The van der Waals surface area contributed by atoms with E-state index in [2.05, 4.69) is 20.2 Å². The first kappa shape index (κ1) is 10.7. The van der Waals surface area contributed by atoms with Crippen molar-refractivity contribution in [2.45, 2.75) is 0 Å². The van der Waals surface area contributed by atoms with Crippen molar-refractivity contribution in [2.24, 2.45) is 0 Å². The zero-order chi connectivity index (χ0) is 13.4. The van der Waals surface area contributed by atoms with E-state index in [0.29, 0.717) is 11.5 Å². The molecule has 9 nitrogen and oxygen atoms in total. The minimum atomic E-state index is -0.405. The number of nitriles is 2. The van der Waals surface area contributed by atoms with Crippen LogP contribution in [-0.4, -0.2) is 29.1 Å². The standard InChI is InChI=1S/C10H4N8O/c11-2-6-7(3-12)17(4-13-6)8-1-9-15-16-10(19)18(9)5-14-8/h1,4-5H,(H,16,19). The number of imidazole rings is 1. The Labute approximate surface area is 105 Å². The predicted molar refractivity (Wildman–Crippen MR) is 60.2 cm³/mol. The van der Waals surface area contributed by atoms with Gasteiger partial charge in [0.1, 0.15) is 30.6 Å². The Bertz CT molecular complexity index is 916. The Morgan fingerprint density at radius 2 is 2.05 bits per heavy atom. The highest BCUT2D eigenvalue weighted by molar-refractivity contribution is 5.47. The van der Waals surface area contributed by atoms with E-state index in [-0.39, 0.29) is 11.4 Å². The zero-order valence-electron chi connectivity index (χ0n) is 9.27. The molecule has 3 heterocycles. The van der Waals surface area contributed by atoms with Crippen molar-refractivity contribution in [1.29, 1.82) is 10.5 Å². The maximum atomic E-state index is 11.3. The topological polar surface area (TPSA) is 128 Å². The van der Waals surface area contributed by atoms with Crippen LogP contribution in [0, 0.1) is 22.7 Å². The molecule has 90 valence electrons. The van der Waals surface area contributed by atoms with Crippen LogP contribution in [0.2, 0.25) is 0 Å². The monoisotopic (exact) mass is 252 g/mol. The lowest BCUT2D eigenvalue weighted by Crippen LogP contribution is -2.10. The Balaban J connectivity index is 2.26. The third-order valence-electron chi connectivity index (χ3n) is 2.52. The van der Waals surface area contributed by atoms with Gasteiger partial charge in [-0.05, 0) is 0 Å². The van der Waals surface area contributed by atoms with Crippen LogP contribution < -0.4 is 5.69 Å². The van der Waals surface area contributed by atoms with E-state index in [1.54, 1.807) is 0 Å². The molecule has 0 spiro atoms. The number of nitrogens with one attached hydrogen (secondary N) is 1. The van der Waals surface area contributed by atoms with E-state index < -0.39 is 5.69 Å². The fourth-order valence-electron chi connectivity index (χ4n) is 1.64. The van der Waals surface area contributed by atoms with Crippen LogP contribution in [0.25, 0.3) is 11.5 Å². The molecule has 0 atom stereocenters. The van der Waals surface area contributed by atoms with Crippen LogP contribution in [0.3, 0.4) is 0 Å². The van der Waals surface area contributed by atoms with Crippen LogP contribution in [0.1, 0.15) is 11.4 Å². The van der Waals surface area contributed by atoms with Gasteiger partial charge in [-0.1, -0.05) is 0 Å². The summed E-state index contributed by atoms with van der Waals surface area (Å²) in [4.78, 5) is 19.1. The molecule has 0 fully saturated rings. The quantitative estimate of drug-likeness (QED) is 0.612. The number of hydrogen-bond acceptors (Lipinski definition) is 6. The van der Waals surface area contributed by atoms with Crippen molar-refractivity contribution in [3.05, 3.63) is 40.6 Å². The number of nitrogens with zero attached hydrogens (tertiary/aromatic N) is 7. The molecule has 0 radical (unpaired) electrons. The first-order chi connectivity index (χ1) is 9.24. The molecule has 0 aliphatic carbocycles. The van der Waals surface area contributed by atoms with Crippen molar-refractivity contribution in [3.63, 3.8) is 0 Å². The highest BCUT2D eigenvalue weighted by atomic mass is 16.1. The van der Waals surface area contributed by atoms with Gasteiger partial charge in [-0.25, -0.2) is 24.3 Å². The van der Waals surface area contributed by atoms with Crippen molar-refractivity contribution in [1.82, 2.24) is 29.1 Å². The minimum absolute atomic E-state index is 0.0172. The van der Waals surface area contributed by atoms with E-state index >= 15 is 0 Å². The number of aromatic nitrogens is 6. The molecule has 9 heteroatoms. The summed E-state index contributed by atoms with van der Waals surface area (Å²) in [5, 5.41) is 23.9. The van der Waals surface area contributed by atoms with E-state index in [4.69, 9.17) is 10.5 Å². The molecule has 3 rings (SSSR count). The minimum Gasteiger partial charge on any atom is -0.273 e. The number of aromatic amines is 1. The molecule has 0 aliphatic rings. The second-order valence-corrected chi connectivity index (χ2v) is 3.54. The van der Waals surface area contributed by atoms with Gasteiger partial charge in [0.2, 0.25) is 0 Å². The van der Waals surface area contributed by atoms with Crippen molar-refractivity contribution in [3.8, 4) is 18.0 Å². The van der Waals surface area contributed by atoms with E-state index in [0.717, 1.165) is 0 Å². The highest BCUT2D eigenvalue weighted by Crippen LogP contribution is 2.12. The van der Waals surface area contributed by atoms with Crippen LogP contribution in [0.4, 0.5) is 0 Å². The molecular formula is C10H4N8O. The lowest BCUT2D eigenvalue weighted by atomic mass is 10.3. The lowest BCUT2D eigenvalue weighted by molar-refractivity contribution is 0.932. The molecule has 0 aromatic carbocycles. The Morgan fingerprint density at radius 1 is 1.21 bits per heavy atom. The van der Waals surface area contributed by atoms with Crippen molar-refractivity contribution >= 4 is 5.65 Å². The Kier molecular flexibility index (Phi) is 2.13. The summed E-state index contributed by atoms with van der Waals surface area (Å²) in [6.07, 6.45) is 2.60. The van der Waals surface area contributed by atoms with Gasteiger partial charge in [0.05, 0.1) is 0 Å². The Morgan fingerprint density at radius 3 is 2.79 bits per heavy atom. The maximum Gasteiger partial charge on any atom is 0.348 e. The molecule has 1 N–H and O–H groups in total.